The zero-order valence-corrected chi connectivity index (χ0v) is 17.3. The number of esters is 1. The number of aliphatic hydroxyl groups is 1. The summed E-state index contributed by atoms with van der Waals surface area (Å²) in [5.74, 6) is -0.0486. The molecule has 0 spiro atoms. The molecule has 1 N–H and O–H groups in total. The molecule has 1 aliphatic heterocycles. The fraction of sp³-hybridized carbons (Fsp3) is 0.773. The third-order valence-corrected chi connectivity index (χ3v) is 5.87. The van der Waals surface area contributed by atoms with Crippen LogP contribution < -0.4 is 0 Å². The molecule has 1 saturated heterocycles. The zero-order valence-electron chi connectivity index (χ0n) is 17.3. The SMILES string of the molecule is CC(=O)OC1C=C(C)CCC(C(C)(C)O)CC=C(C)CCC2OC2(C)C1. The van der Waals surface area contributed by atoms with E-state index in [9.17, 15) is 9.90 Å². The van der Waals surface area contributed by atoms with Crippen molar-refractivity contribution in [2.45, 2.75) is 103 Å². The van der Waals surface area contributed by atoms with Gasteiger partial charge in [-0.1, -0.05) is 17.2 Å². The fourth-order valence-electron chi connectivity index (χ4n) is 3.95. The maximum atomic E-state index is 11.5. The van der Waals surface area contributed by atoms with E-state index >= 15 is 0 Å². The second-order valence-corrected chi connectivity index (χ2v) is 9.00. The molecule has 0 aromatic rings. The van der Waals surface area contributed by atoms with E-state index in [1.54, 1.807) is 0 Å². The predicted octanol–water partition coefficient (Wildman–Crippen LogP) is 4.71. The van der Waals surface area contributed by atoms with Crippen LogP contribution in [0.1, 0.15) is 80.1 Å². The molecule has 2 aliphatic rings. The van der Waals surface area contributed by atoms with Crippen LogP contribution in [-0.2, 0) is 14.3 Å². The van der Waals surface area contributed by atoms with Gasteiger partial charge in [0.15, 0.2) is 0 Å². The van der Waals surface area contributed by atoms with Gasteiger partial charge in [-0.05, 0) is 78.7 Å². The average molecular weight is 365 g/mol. The highest BCUT2D eigenvalue weighted by molar-refractivity contribution is 5.66. The van der Waals surface area contributed by atoms with Crippen LogP contribution in [-0.4, -0.2) is 34.5 Å². The molecule has 4 heteroatoms. The summed E-state index contributed by atoms with van der Waals surface area (Å²) in [6, 6.07) is 0. The molecule has 4 unspecified atom stereocenters. The number of epoxide rings is 1. The van der Waals surface area contributed by atoms with Gasteiger partial charge in [0.25, 0.3) is 0 Å². The van der Waals surface area contributed by atoms with Gasteiger partial charge in [0.1, 0.15) is 6.10 Å². The normalized spacial score (nSPS) is 34.0. The highest BCUT2D eigenvalue weighted by Crippen LogP contribution is 2.44. The lowest BCUT2D eigenvalue weighted by molar-refractivity contribution is -0.144. The van der Waals surface area contributed by atoms with E-state index in [2.05, 4.69) is 32.9 Å². The van der Waals surface area contributed by atoms with Gasteiger partial charge in [0.05, 0.1) is 17.3 Å². The van der Waals surface area contributed by atoms with Gasteiger partial charge in [-0.25, -0.2) is 0 Å². The average Bonchev–Trinajstić information content (AvgIpc) is 3.11. The molecule has 0 saturated carbocycles. The van der Waals surface area contributed by atoms with Crippen LogP contribution >= 0.6 is 0 Å². The van der Waals surface area contributed by atoms with Crippen LogP contribution in [0.25, 0.3) is 0 Å². The van der Waals surface area contributed by atoms with Crippen LogP contribution in [0.3, 0.4) is 0 Å². The number of fused-ring (bicyclic) bond motifs is 1. The molecule has 0 aromatic heterocycles. The summed E-state index contributed by atoms with van der Waals surface area (Å²) in [6.07, 6.45) is 9.72. The van der Waals surface area contributed by atoms with Crippen LogP contribution in [0.2, 0.25) is 0 Å². The molecule has 26 heavy (non-hydrogen) atoms. The Labute approximate surface area is 158 Å². The van der Waals surface area contributed by atoms with Gasteiger partial charge in [-0.15, -0.1) is 0 Å². The van der Waals surface area contributed by atoms with Crippen molar-refractivity contribution in [3.8, 4) is 0 Å². The molecule has 0 bridgehead atoms. The number of carbonyl (C=O) groups excluding carboxylic acids is 1. The standard InChI is InChI=1S/C22H36O4/c1-15-7-10-18(21(4,5)24)11-8-16(2)13-19(25-17(3)23)14-22(6)20(26-22)12-9-15/h7,13,18-20,24H,8-12,14H2,1-6H3. The molecular formula is C22H36O4. The van der Waals surface area contributed by atoms with Gasteiger partial charge in [-0.3, -0.25) is 4.79 Å². The van der Waals surface area contributed by atoms with Crippen molar-refractivity contribution in [1.82, 2.24) is 0 Å². The Morgan fingerprint density at radius 3 is 2.54 bits per heavy atom. The second-order valence-electron chi connectivity index (χ2n) is 9.00. The molecular weight excluding hydrogens is 328 g/mol. The lowest BCUT2D eigenvalue weighted by Crippen LogP contribution is -2.30. The summed E-state index contributed by atoms with van der Waals surface area (Å²) in [5, 5.41) is 10.5. The fourth-order valence-corrected chi connectivity index (χ4v) is 3.95. The molecule has 0 radical (unpaired) electrons. The minimum atomic E-state index is -0.707. The summed E-state index contributed by atoms with van der Waals surface area (Å²) in [4.78, 5) is 11.5. The third kappa shape index (κ3) is 6.24. The Morgan fingerprint density at radius 1 is 1.27 bits per heavy atom. The van der Waals surface area contributed by atoms with Crippen molar-refractivity contribution in [1.29, 1.82) is 0 Å². The largest absolute Gasteiger partial charge is 0.458 e. The topological polar surface area (TPSA) is 59.1 Å². The number of carbonyl (C=O) groups is 1. The summed E-state index contributed by atoms with van der Waals surface area (Å²) >= 11 is 0. The minimum absolute atomic E-state index is 0.198. The van der Waals surface area contributed by atoms with Crippen LogP contribution in [0.4, 0.5) is 0 Å². The van der Waals surface area contributed by atoms with E-state index < -0.39 is 5.60 Å². The highest BCUT2D eigenvalue weighted by Gasteiger charge is 2.52. The number of allylic oxidation sites excluding steroid dienone is 3. The van der Waals surface area contributed by atoms with Crippen molar-refractivity contribution >= 4 is 5.97 Å². The van der Waals surface area contributed by atoms with E-state index in [0.29, 0.717) is 6.42 Å². The summed E-state index contributed by atoms with van der Waals surface area (Å²) < 4.78 is 11.5. The predicted molar refractivity (Wildman–Crippen MR) is 104 cm³/mol. The smallest absolute Gasteiger partial charge is 0.303 e. The van der Waals surface area contributed by atoms with Gasteiger partial charge in [0.2, 0.25) is 0 Å². The number of hydrogen-bond donors (Lipinski definition) is 1. The third-order valence-electron chi connectivity index (χ3n) is 5.87. The van der Waals surface area contributed by atoms with Gasteiger partial charge >= 0.3 is 5.97 Å². The lowest BCUT2D eigenvalue weighted by Gasteiger charge is -2.29. The van der Waals surface area contributed by atoms with Crippen molar-refractivity contribution in [2.75, 3.05) is 0 Å². The van der Waals surface area contributed by atoms with Crippen molar-refractivity contribution < 1.29 is 19.4 Å². The lowest BCUT2D eigenvalue weighted by atomic mass is 9.82. The second kappa shape index (κ2) is 8.26. The van der Waals surface area contributed by atoms with E-state index in [0.717, 1.165) is 32.1 Å². The first kappa shape index (κ1) is 21.2. The molecule has 4 atom stereocenters. The Morgan fingerprint density at radius 2 is 1.92 bits per heavy atom. The van der Waals surface area contributed by atoms with Gasteiger partial charge in [-0.2, -0.15) is 0 Å². The quantitative estimate of drug-likeness (QED) is 0.438. The maximum absolute atomic E-state index is 11.5. The number of ether oxygens (including phenoxy) is 2. The molecule has 148 valence electrons. The van der Waals surface area contributed by atoms with Crippen molar-refractivity contribution in [2.24, 2.45) is 5.92 Å². The van der Waals surface area contributed by atoms with Crippen LogP contribution in [0.5, 0.6) is 0 Å². The summed E-state index contributed by atoms with van der Waals surface area (Å²) in [5.41, 5.74) is 1.65. The van der Waals surface area contributed by atoms with E-state index in [1.165, 1.54) is 18.1 Å². The van der Waals surface area contributed by atoms with E-state index in [1.807, 2.05) is 13.8 Å². The van der Waals surface area contributed by atoms with Crippen molar-refractivity contribution in [3.05, 3.63) is 23.3 Å². The van der Waals surface area contributed by atoms with Crippen LogP contribution in [0, 0.1) is 5.92 Å². The minimum Gasteiger partial charge on any atom is -0.458 e. The number of rotatable bonds is 2. The molecule has 1 heterocycles. The first-order chi connectivity index (χ1) is 12.0. The molecule has 0 amide bonds. The van der Waals surface area contributed by atoms with E-state index in [4.69, 9.17) is 9.47 Å². The number of hydrogen-bond acceptors (Lipinski definition) is 4. The monoisotopic (exact) mass is 364 g/mol. The van der Waals surface area contributed by atoms with Gasteiger partial charge < -0.3 is 14.6 Å². The van der Waals surface area contributed by atoms with Crippen LogP contribution in [0.15, 0.2) is 23.3 Å². The Balaban J connectivity index is 2.19. The summed E-state index contributed by atoms with van der Waals surface area (Å²) in [6.45, 7) is 11.6. The molecule has 1 aliphatic carbocycles. The maximum Gasteiger partial charge on any atom is 0.303 e. The zero-order chi connectivity index (χ0) is 19.5. The first-order valence-electron chi connectivity index (χ1n) is 9.90. The molecule has 2 rings (SSSR count). The first-order valence-corrected chi connectivity index (χ1v) is 9.90. The molecule has 0 aromatic carbocycles. The Kier molecular flexibility index (Phi) is 6.73. The Hall–Kier alpha value is -1.13. The highest BCUT2D eigenvalue weighted by atomic mass is 16.6. The Bertz CT molecular complexity index is 569. The summed E-state index contributed by atoms with van der Waals surface area (Å²) in [7, 11) is 0. The van der Waals surface area contributed by atoms with E-state index in [-0.39, 0.29) is 29.7 Å². The van der Waals surface area contributed by atoms with Crippen molar-refractivity contribution in [3.63, 3.8) is 0 Å². The van der Waals surface area contributed by atoms with Gasteiger partial charge in [0, 0.05) is 13.3 Å². The molecule has 4 nitrogen and oxygen atoms in total. The molecule has 1 fully saturated rings.